The Labute approximate surface area is 87.3 Å². The van der Waals surface area contributed by atoms with Crippen LogP contribution in [0, 0.1) is 6.92 Å². The second kappa shape index (κ2) is 4.44. The van der Waals surface area contributed by atoms with Crippen LogP contribution in [0.25, 0.3) is 0 Å². The summed E-state index contributed by atoms with van der Waals surface area (Å²) in [5.41, 5.74) is 1.14. The molecule has 0 saturated heterocycles. The lowest BCUT2D eigenvalue weighted by molar-refractivity contribution is 0.0900. The van der Waals surface area contributed by atoms with Crippen LogP contribution in [0.2, 0.25) is 5.02 Å². The summed E-state index contributed by atoms with van der Waals surface area (Å²) in [4.78, 5) is 11.3. The number of carbonyl (C=O) groups excluding carboxylic acids is 1. The summed E-state index contributed by atoms with van der Waals surface area (Å²) in [6.45, 7) is 1.27. The molecule has 0 amide bonds. The van der Waals surface area contributed by atoms with E-state index in [2.05, 4.69) is 0 Å². The standard InChI is InChI=1S/C10H11ClO3/c1-6-3-10(14-2)7(4-8(6)11)9(13)5-12/h3-4,12H,5H2,1-2H3. The number of carbonyl (C=O) groups is 1. The quantitative estimate of drug-likeness (QED) is 0.781. The van der Waals surface area contributed by atoms with Crippen molar-refractivity contribution in [3.8, 4) is 5.75 Å². The Hall–Kier alpha value is -1.06. The first-order valence-electron chi connectivity index (χ1n) is 4.08. The van der Waals surface area contributed by atoms with Gasteiger partial charge in [0.05, 0.1) is 12.7 Å². The molecule has 4 heteroatoms. The van der Waals surface area contributed by atoms with Crippen molar-refractivity contribution in [3.63, 3.8) is 0 Å². The van der Waals surface area contributed by atoms with Crippen LogP contribution in [0.15, 0.2) is 12.1 Å². The molecule has 0 aliphatic carbocycles. The number of methoxy groups -OCH3 is 1. The van der Waals surface area contributed by atoms with Crippen molar-refractivity contribution in [2.45, 2.75) is 6.92 Å². The lowest BCUT2D eigenvalue weighted by atomic mass is 10.1. The number of ketones is 1. The Morgan fingerprint density at radius 2 is 2.21 bits per heavy atom. The minimum Gasteiger partial charge on any atom is -0.496 e. The monoisotopic (exact) mass is 214 g/mol. The molecule has 0 saturated carbocycles. The van der Waals surface area contributed by atoms with Gasteiger partial charge in [0.1, 0.15) is 12.4 Å². The summed E-state index contributed by atoms with van der Waals surface area (Å²) in [6, 6.07) is 3.18. The van der Waals surface area contributed by atoms with E-state index in [1.54, 1.807) is 6.07 Å². The van der Waals surface area contributed by atoms with Crippen LogP contribution in [0.3, 0.4) is 0 Å². The Morgan fingerprint density at radius 3 is 2.71 bits per heavy atom. The van der Waals surface area contributed by atoms with Crippen LogP contribution in [0.1, 0.15) is 15.9 Å². The summed E-state index contributed by atoms with van der Waals surface area (Å²) < 4.78 is 5.01. The van der Waals surface area contributed by atoms with Gasteiger partial charge in [-0.1, -0.05) is 11.6 Å². The van der Waals surface area contributed by atoms with Crippen LogP contribution in [-0.2, 0) is 0 Å². The van der Waals surface area contributed by atoms with Crippen molar-refractivity contribution in [1.29, 1.82) is 0 Å². The summed E-state index contributed by atoms with van der Waals surface area (Å²) in [6.07, 6.45) is 0. The van der Waals surface area contributed by atoms with Crippen molar-refractivity contribution in [1.82, 2.24) is 0 Å². The zero-order valence-corrected chi connectivity index (χ0v) is 8.76. The van der Waals surface area contributed by atoms with Crippen LogP contribution >= 0.6 is 11.6 Å². The van der Waals surface area contributed by atoms with Crippen molar-refractivity contribution < 1.29 is 14.6 Å². The highest BCUT2D eigenvalue weighted by atomic mass is 35.5. The van der Waals surface area contributed by atoms with Crippen LogP contribution < -0.4 is 4.74 Å². The second-order valence-electron chi connectivity index (χ2n) is 2.88. The molecule has 0 unspecified atom stereocenters. The maximum Gasteiger partial charge on any atom is 0.191 e. The maximum atomic E-state index is 11.3. The van der Waals surface area contributed by atoms with E-state index >= 15 is 0 Å². The number of Topliss-reactive ketones (excluding diaryl/α,β-unsaturated/α-hetero) is 1. The van der Waals surface area contributed by atoms with Crippen molar-refractivity contribution in [3.05, 3.63) is 28.3 Å². The number of halogens is 1. The summed E-state index contributed by atoms with van der Waals surface area (Å²) in [7, 11) is 1.47. The van der Waals surface area contributed by atoms with Gasteiger partial charge < -0.3 is 9.84 Å². The van der Waals surface area contributed by atoms with E-state index in [-0.39, 0.29) is 0 Å². The molecule has 3 nitrogen and oxygen atoms in total. The van der Waals surface area contributed by atoms with Gasteiger partial charge >= 0.3 is 0 Å². The molecule has 1 aromatic carbocycles. The van der Waals surface area contributed by atoms with Crippen molar-refractivity contribution >= 4 is 17.4 Å². The van der Waals surface area contributed by atoms with Crippen molar-refractivity contribution in [2.24, 2.45) is 0 Å². The number of hydrogen-bond acceptors (Lipinski definition) is 3. The van der Waals surface area contributed by atoms with E-state index in [1.165, 1.54) is 13.2 Å². The van der Waals surface area contributed by atoms with E-state index in [0.717, 1.165) is 5.56 Å². The highest BCUT2D eigenvalue weighted by molar-refractivity contribution is 6.31. The second-order valence-corrected chi connectivity index (χ2v) is 3.29. The van der Waals surface area contributed by atoms with E-state index < -0.39 is 12.4 Å². The molecule has 1 aromatic rings. The average molecular weight is 215 g/mol. The number of hydrogen-bond donors (Lipinski definition) is 1. The van der Waals surface area contributed by atoms with Crippen LogP contribution in [0.5, 0.6) is 5.75 Å². The van der Waals surface area contributed by atoms with Crippen LogP contribution in [0.4, 0.5) is 0 Å². The number of aliphatic hydroxyl groups excluding tert-OH is 1. The molecule has 1 rings (SSSR count). The zero-order valence-electron chi connectivity index (χ0n) is 8.00. The normalized spacial score (nSPS) is 10.0. The van der Waals surface area contributed by atoms with Gasteiger partial charge in [-0.25, -0.2) is 0 Å². The first kappa shape index (κ1) is 11.0. The van der Waals surface area contributed by atoms with Crippen LogP contribution in [-0.4, -0.2) is 24.6 Å². The fraction of sp³-hybridized carbons (Fsp3) is 0.300. The Morgan fingerprint density at radius 1 is 1.57 bits per heavy atom. The molecule has 0 spiro atoms. The fourth-order valence-corrected chi connectivity index (χ4v) is 1.29. The van der Waals surface area contributed by atoms with Gasteiger partial charge in [0.15, 0.2) is 5.78 Å². The highest BCUT2D eigenvalue weighted by Crippen LogP contribution is 2.26. The molecule has 0 atom stereocenters. The number of benzene rings is 1. The summed E-state index contributed by atoms with van der Waals surface area (Å²) in [5.74, 6) is 0.0368. The highest BCUT2D eigenvalue weighted by Gasteiger charge is 2.13. The molecule has 0 bridgehead atoms. The fourth-order valence-electron chi connectivity index (χ4n) is 1.13. The molecule has 0 aliphatic heterocycles. The summed E-state index contributed by atoms with van der Waals surface area (Å²) in [5, 5.41) is 9.21. The molecular weight excluding hydrogens is 204 g/mol. The number of aryl methyl sites for hydroxylation is 1. The Bertz CT molecular complexity index is 361. The third-order valence-corrected chi connectivity index (χ3v) is 2.33. The van der Waals surface area contributed by atoms with Crippen molar-refractivity contribution in [2.75, 3.05) is 13.7 Å². The number of aliphatic hydroxyl groups is 1. The third-order valence-electron chi connectivity index (χ3n) is 1.92. The van der Waals surface area contributed by atoms with E-state index in [1.807, 2.05) is 6.92 Å². The van der Waals surface area contributed by atoms with Gasteiger partial charge in [-0.05, 0) is 24.6 Å². The average Bonchev–Trinajstić information content (AvgIpc) is 2.20. The van der Waals surface area contributed by atoms with E-state index in [0.29, 0.717) is 16.3 Å². The molecular formula is C10H11ClO3. The molecule has 0 heterocycles. The predicted octanol–water partition coefficient (Wildman–Crippen LogP) is 1.83. The van der Waals surface area contributed by atoms with Gasteiger partial charge in [0, 0.05) is 5.02 Å². The number of rotatable bonds is 3. The molecule has 0 fully saturated rings. The van der Waals surface area contributed by atoms with Gasteiger partial charge in [-0.3, -0.25) is 4.79 Å². The first-order chi connectivity index (χ1) is 6.60. The largest absolute Gasteiger partial charge is 0.496 e. The molecule has 1 N–H and O–H groups in total. The molecule has 14 heavy (non-hydrogen) atoms. The van der Waals surface area contributed by atoms with Gasteiger partial charge in [0.25, 0.3) is 0 Å². The van der Waals surface area contributed by atoms with E-state index in [4.69, 9.17) is 21.4 Å². The number of ether oxygens (including phenoxy) is 1. The Balaban J connectivity index is 3.27. The minimum absolute atomic E-state index is 0.311. The SMILES string of the molecule is COc1cc(C)c(Cl)cc1C(=O)CO. The third kappa shape index (κ3) is 2.05. The molecule has 0 radical (unpaired) electrons. The molecule has 0 aliphatic rings. The lowest BCUT2D eigenvalue weighted by Crippen LogP contribution is -2.06. The maximum absolute atomic E-state index is 11.3. The van der Waals surface area contributed by atoms with Gasteiger partial charge in [0.2, 0.25) is 0 Å². The first-order valence-corrected chi connectivity index (χ1v) is 4.46. The van der Waals surface area contributed by atoms with Gasteiger partial charge in [-0.15, -0.1) is 0 Å². The lowest BCUT2D eigenvalue weighted by Gasteiger charge is -2.08. The molecule has 0 aromatic heterocycles. The minimum atomic E-state index is -0.546. The Kier molecular flexibility index (Phi) is 3.49. The molecule has 76 valence electrons. The predicted molar refractivity (Wildman–Crippen MR) is 54.2 cm³/mol. The van der Waals surface area contributed by atoms with Gasteiger partial charge in [-0.2, -0.15) is 0 Å². The summed E-state index contributed by atoms with van der Waals surface area (Å²) >= 11 is 5.85. The topological polar surface area (TPSA) is 46.5 Å². The smallest absolute Gasteiger partial charge is 0.191 e. The zero-order chi connectivity index (χ0) is 10.7. The van der Waals surface area contributed by atoms with E-state index in [9.17, 15) is 4.79 Å².